The van der Waals surface area contributed by atoms with E-state index in [1.807, 2.05) is 48.7 Å². The molecule has 1 N–H and O–H groups in total. The van der Waals surface area contributed by atoms with E-state index < -0.39 is 0 Å². The van der Waals surface area contributed by atoms with Gasteiger partial charge in [0, 0.05) is 18.8 Å². The molecule has 0 bridgehead atoms. The fraction of sp³-hybridized carbons (Fsp3) is 0.167. The van der Waals surface area contributed by atoms with Crippen LogP contribution in [0.1, 0.15) is 12.8 Å². The van der Waals surface area contributed by atoms with Gasteiger partial charge in [0.05, 0.1) is 18.5 Å². The van der Waals surface area contributed by atoms with Crippen LogP contribution in [0.25, 0.3) is 5.82 Å². The number of nitrogens with zero attached hydrogens (tertiary/aromatic N) is 3. The monoisotopic (exact) mass is 322 g/mol. The first-order valence-electron chi connectivity index (χ1n) is 7.75. The molecule has 6 nitrogen and oxygen atoms in total. The lowest BCUT2D eigenvalue weighted by Gasteiger charge is -2.07. The molecule has 122 valence electrons. The Morgan fingerprint density at radius 3 is 2.71 bits per heavy atom. The second-order valence-corrected chi connectivity index (χ2v) is 5.17. The molecular formula is C18H18N4O2. The molecule has 0 spiro atoms. The molecule has 3 aromatic rings. The van der Waals surface area contributed by atoms with Gasteiger partial charge in [-0.15, -0.1) is 0 Å². The minimum atomic E-state index is -0.0553. The highest BCUT2D eigenvalue weighted by Crippen LogP contribution is 2.11. The molecule has 0 fully saturated rings. The highest BCUT2D eigenvalue weighted by Gasteiger charge is 2.04. The van der Waals surface area contributed by atoms with Gasteiger partial charge in [-0.3, -0.25) is 4.79 Å². The summed E-state index contributed by atoms with van der Waals surface area (Å²) >= 11 is 0. The van der Waals surface area contributed by atoms with E-state index in [1.54, 1.807) is 23.1 Å². The summed E-state index contributed by atoms with van der Waals surface area (Å²) in [5.41, 5.74) is 0.667. The highest BCUT2D eigenvalue weighted by molar-refractivity contribution is 5.90. The van der Waals surface area contributed by atoms with E-state index in [0.717, 1.165) is 5.75 Å². The Kier molecular flexibility index (Phi) is 5.19. The number of nitrogens with one attached hydrogen (secondary N) is 1. The number of anilines is 1. The average Bonchev–Trinajstić information content (AvgIpc) is 3.15. The zero-order valence-electron chi connectivity index (χ0n) is 13.1. The average molecular weight is 322 g/mol. The van der Waals surface area contributed by atoms with Crippen LogP contribution in [-0.2, 0) is 4.79 Å². The van der Waals surface area contributed by atoms with Crippen LogP contribution in [0.15, 0.2) is 67.1 Å². The minimum Gasteiger partial charge on any atom is -0.494 e. The molecule has 2 aromatic heterocycles. The van der Waals surface area contributed by atoms with E-state index in [0.29, 0.717) is 31.0 Å². The normalized spacial score (nSPS) is 10.3. The van der Waals surface area contributed by atoms with Crippen molar-refractivity contribution in [1.82, 2.24) is 14.8 Å². The number of ether oxygens (including phenoxy) is 1. The predicted molar refractivity (Wildman–Crippen MR) is 91.2 cm³/mol. The smallest absolute Gasteiger partial charge is 0.224 e. The Hall–Kier alpha value is -3.15. The van der Waals surface area contributed by atoms with Crippen LogP contribution >= 0.6 is 0 Å². The zero-order valence-corrected chi connectivity index (χ0v) is 13.1. The Labute approximate surface area is 140 Å². The van der Waals surface area contributed by atoms with E-state index in [4.69, 9.17) is 4.74 Å². The molecule has 0 radical (unpaired) electrons. The molecule has 0 unspecified atom stereocenters. The van der Waals surface area contributed by atoms with Crippen molar-refractivity contribution in [2.45, 2.75) is 12.8 Å². The number of hydrogen-bond acceptors (Lipinski definition) is 4. The van der Waals surface area contributed by atoms with Gasteiger partial charge < -0.3 is 10.1 Å². The number of rotatable bonds is 7. The van der Waals surface area contributed by atoms with Crippen molar-refractivity contribution in [3.05, 3.63) is 67.1 Å². The summed E-state index contributed by atoms with van der Waals surface area (Å²) in [6.45, 7) is 0.508. The van der Waals surface area contributed by atoms with E-state index in [9.17, 15) is 4.79 Å². The lowest BCUT2D eigenvalue weighted by atomic mass is 10.3. The minimum absolute atomic E-state index is 0.0553. The summed E-state index contributed by atoms with van der Waals surface area (Å²) in [6.07, 6.45) is 6.17. The van der Waals surface area contributed by atoms with Gasteiger partial charge in [0.2, 0.25) is 5.91 Å². The lowest BCUT2D eigenvalue weighted by molar-refractivity contribution is -0.116. The van der Waals surface area contributed by atoms with Gasteiger partial charge in [-0.2, -0.15) is 5.10 Å². The van der Waals surface area contributed by atoms with Crippen molar-refractivity contribution < 1.29 is 9.53 Å². The van der Waals surface area contributed by atoms with E-state index in [2.05, 4.69) is 15.4 Å². The van der Waals surface area contributed by atoms with Crippen LogP contribution < -0.4 is 10.1 Å². The summed E-state index contributed by atoms with van der Waals surface area (Å²) in [4.78, 5) is 16.2. The Bertz CT molecular complexity index is 755. The molecule has 0 atom stereocenters. The Morgan fingerprint density at radius 1 is 1.12 bits per heavy atom. The van der Waals surface area contributed by atoms with E-state index in [1.165, 1.54) is 0 Å². The van der Waals surface area contributed by atoms with Gasteiger partial charge in [0.25, 0.3) is 0 Å². The maximum Gasteiger partial charge on any atom is 0.224 e. The molecule has 1 amide bonds. The van der Waals surface area contributed by atoms with Crippen LogP contribution in [0, 0.1) is 0 Å². The number of amides is 1. The van der Waals surface area contributed by atoms with Crippen molar-refractivity contribution >= 4 is 11.6 Å². The fourth-order valence-corrected chi connectivity index (χ4v) is 2.16. The van der Waals surface area contributed by atoms with Crippen LogP contribution in [-0.4, -0.2) is 27.3 Å². The summed E-state index contributed by atoms with van der Waals surface area (Å²) in [5, 5.41) is 6.93. The number of benzene rings is 1. The number of aromatic nitrogens is 3. The first-order chi connectivity index (χ1) is 11.8. The lowest BCUT2D eigenvalue weighted by Crippen LogP contribution is -2.13. The standard InChI is InChI=1S/C18H18N4O2/c23-18(8-4-13-24-16-6-2-1-3-7-16)21-15-9-10-17(19-14-15)22-12-5-11-20-22/h1-3,5-7,9-12,14H,4,8,13H2,(H,21,23). The second-order valence-electron chi connectivity index (χ2n) is 5.17. The number of carbonyl (C=O) groups is 1. The molecule has 0 aliphatic heterocycles. The van der Waals surface area contributed by atoms with Gasteiger partial charge in [-0.05, 0) is 36.8 Å². The first kappa shape index (κ1) is 15.7. The summed E-state index contributed by atoms with van der Waals surface area (Å²) in [7, 11) is 0. The third kappa shape index (κ3) is 4.42. The SMILES string of the molecule is O=C(CCCOc1ccccc1)Nc1ccc(-n2cccn2)nc1. The predicted octanol–water partition coefficient (Wildman–Crippen LogP) is 3.07. The molecular weight excluding hydrogens is 304 g/mol. The van der Waals surface area contributed by atoms with Crippen molar-refractivity contribution in [3.8, 4) is 11.6 Å². The number of carbonyl (C=O) groups excluding carboxylic acids is 1. The third-order valence-electron chi connectivity index (χ3n) is 3.33. The van der Waals surface area contributed by atoms with Gasteiger partial charge in [-0.1, -0.05) is 18.2 Å². The van der Waals surface area contributed by atoms with Crippen molar-refractivity contribution in [1.29, 1.82) is 0 Å². The third-order valence-corrected chi connectivity index (χ3v) is 3.33. The molecule has 24 heavy (non-hydrogen) atoms. The molecule has 0 aliphatic rings. The molecule has 6 heteroatoms. The molecule has 0 saturated heterocycles. The quantitative estimate of drug-likeness (QED) is 0.679. The number of hydrogen-bond donors (Lipinski definition) is 1. The maximum atomic E-state index is 11.9. The fourth-order valence-electron chi connectivity index (χ4n) is 2.16. The van der Waals surface area contributed by atoms with Crippen molar-refractivity contribution in [2.75, 3.05) is 11.9 Å². The summed E-state index contributed by atoms with van der Waals surface area (Å²) < 4.78 is 7.22. The van der Waals surface area contributed by atoms with Gasteiger partial charge >= 0.3 is 0 Å². The Balaban J connectivity index is 1.42. The molecule has 1 aromatic carbocycles. The summed E-state index contributed by atoms with van der Waals surface area (Å²) in [5.74, 6) is 1.46. The van der Waals surface area contributed by atoms with Crippen LogP contribution in [0.4, 0.5) is 5.69 Å². The molecule has 3 rings (SSSR count). The largest absolute Gasteiger partial charge is 0.494 e. The van der Waals surface area contributed by atoms with Crippen LogP contribution in [0.5, 0.6) is 5.75 Å². The van der Waals surface area contributed by atoms with Crippen LogP contribution in [0.2, 0.25) is 0 Å². The number of para-hydroxylation sites is 1. The molecule has 0 saturated carbocycles. The zero-order chi connectivity index (χ0) is 16.6. The Morgan fingerprint density at radius 2 is 2.00 bits per heavy atom. The van der Waals surface area contributed by atoms with E-state index >= 15 is 0 Å². The first-order valence-corrected chi connectivity index (χ1v) is 7.75. The highest BCUT2D eigenvalue weighted by atomic mass is 16.5. The van der Waals surface area contributed by atoms with Gasteiger partial charge in [0.15, 0.2) is 5.82 Å². The molecule has 0 aliphatic carbocycles. The second kappa shape index (κ2) is 7.92. The van der Waals surface area contributed by atoms with E-state index in [-0.39, 0.29) is 5.91 Å². The molecule has 2 heterocycles. The van der Waals surface area contributed by atoms with Crippen molar-refractivity contribution in [3.63, 3.8) is 0 Å². The topological polar surface area (TPSA) is 69.0 Å². The maximum absolute atomic E-state index is 11.9. The number of pyridine rings is 1. The van der Waals surface area contributed by atoms with Gasteiger partial charge in [0.1, 0.15) is 5.75 Å². The van der Waals surface area contributed by atoms with Crippen molar-refractivity contribution in [2.24, 2.45) is 0 Å². The summed E-state index contributed by atoms with van der Waals surface area (Å²) in [6, 6.07) is 15.0. The van der Waals surface area contributed by atoms with Gasteiger partial charge in [-0.25, -0.2) is 9.67 Å². The van der Waals surface area contributed by atoms with Crippen LogP contribution in [0.3, 0.4) is 0 Å².